The van der Waals surface area contributed by atoms with Crippen molar-refractivity contribution in [3.63, 3.8) is 0 Å². The Morgan fingerprint density at radius 3 is 2.32 bits per heavy atom. The Hall–Kier alpha value is -2.43. The second-order valence-electron chi connectivity index (χ2n) is 8.16. The first-order valence-corrected chi connectivity index (χ1v) is 12.5. The topological polar surface area (TPSA) is 83.6 Å². The lowest BCUT2D eigenvalue weighted by molar-refractivity contribution is -0.116. The number of benzene rings is 2. The molecule has 0 spiro atoms. The molecule has 2 aromatic rings. The first-order chi connectivity index (χ1) is 16.0. The van der Waals surface area contributed by atoms with Gasteiger partial charge in [-0.1, -0.05) is 30.5 Å². The van der Waals surface area contributed by atoms with Crippen molar-refractivity contribution in [2.24, 2.45) is 0 Å². The summed E-state index contributed by atoms with van der Waals surface area (Å²) >= 11 is 5.85. The van der Waals surface area contributed by atoms with Crippen LogP contribution in [0.5, 0.6) is 0 Å². The van der Waals surface area contributed by atoms with Crippen molar-refractivity contribution in [1.82, 2.24) is 9.62 Å². The van der Waals surface area contributed by atoms with Crippen LogP contribution in [0, 0.1) is 11.6 Å². The van der Waals surface area contributed by atoms with Crippen LogP contribution in [0.1, 0.15) is 48.5 Å². The van der Waals surface area contributed by atoms with Crippen LogP contribution in [0.15, 0.2) is 41.3 Å². The van der Waals surface area contributed by atoms with Crippen LogP contribution in [0.25, 0.3) is 0 Å². The monoisotopic (exact) mass is 516 g/mol. The number of carbonyl (C=O) groups is 2. The minimum absolute atomic E-state index is 0.156. The summed E-state index contributed by atoms with van der Waals surface area (Å²) in [5, 5.41) is 2.48. The molecular weight excluding hydrogens is 493 g/mol. The van der Waals surface area contributed by atoms with Crippen LogP contribution >= 0.6 is 11.6 Å². The standard InChI is InChI=1S/C23H24ClF3N2O4S/c1-14(30)12-28-23(31)18-11-6-15(21(26)22(18)27)13-29(20-5-3-2-4-19(20)25)34(32,33)17-9-7-16(24)8-10-17/h6-11,19-20H,2-5,12-13H2,1H3,(H,28,31). The molecule has 1 fully saturated rings. The largest absolute Gasteiger partial charge is 0.345 e. The number of carbonyl (C=O) groups excluding carboxylic acids is 2. The highest BCUT2D eigenvalue weighted by molar-refractivity contribution is 7.89. The van der Waals surface area contributed by atoms with E-state index in [9.17, 15) is 31.2 Å². The quantitative estimate of drug-likeness (QED) is 0.563. The molecule has 1 saturated carbocycles. The van der Waals surface area contributed by atoms with E-state index in [4.69, 9.17) is 11.6 Å². The summed E-state index contributed by atoms with van der Waals surface area (Å²) in [4.78, 5) is 23.0. The molecular formula is C23H24ClF3N2O4S. The van der Waals surface area contributed by atoms with Gasteiger partial charge in [0.2, 0.25) is 10.0 Å². The van der Waals surface area contributed by atoms with Gasteiger partial charge in [-0.15, -0.1) is 0 Å². The van der Waals surface area contributed by atoms with Crippen LogP contribution in [0.3, 0.4) is 0 Å². The number of amides is 1. The normalized spacial score (nSPS) is 18.6. The van der Waals surface area contributed by atoms with E-state index in [1.54, 1.807) is 0 Å². The molecule has 2 atom stereocenters. The number of rotatable bonds is 8. The van der Waals surface area contributed by atoms with Crippen LogP contribution in [0.4, 0.5) is 13.2 Å². The van der Waals surface area contributed by atoms with Crippen molar-refractivity contribution in [2.75, 3.05) is 6.54 Å². The molecule has 1 amide bonds. The Kier molecular flexibility index (Phi) is 8.38. The van der Waals surface area contributed by atoms with E-state index in [0.717, 1.165) is 16.4 Å². The minimum atomic E-state index is -4.29. The smallest absolute Gasteiger partial charge is 0.254 e. The summed E-state index contributed by atoms with van der Waals surface area (Å²) in [5.41, 5.74) is -0.980. The Balaban J connectivity index is 1.98. The average Bonchev–Trinajstić information content (AvgIpc) is 2.79. The molecule has 1 aliphatic rings. The molecule has 0 radical (unpaired) electrons. The Bertz CT molecular complexity index is 1180. The first-order valence-electron chi connectivity index (χ1n) is 10.7. The van der Waals surface area contributed by atoms with E-state index in [-0.39, 0.29) is 35.6 Å². The average molecular weight is 517 g/mol. The van der Waals surface area contributed by atoms with Crippen molar-refractivity contribution < 1.29 is 31.2 Å². The zero-order valence-electron chi connectivity index (χ0n) is 18.4. The molecule has 0 saturated heterocycles. The van der Waals surface area contributed by atoms with E-state index in [1.165, 1.54) is 31.2 Å². The summed E-state index contributed by atoms with van der Waals surface area (Å²) in [6.07, 6.45) is 0.0940. The van der Waals surface area contributed by atoms with Gasteiger partial charge in [0.25, 0.3) is 5.91 Å². The van der Waals surface area contributed by atoms with Gasteiger partial charge in [0.1, 0.15) is 12.0 Å². The van der Waals surface area contributed by atoms with Gasteiger partial charge in [-0.3, -0.25) is 9.59 Å². The summed E-state index contributed by atoms with van der Waals surface area (Å²) in [6, 6.07) is 6.30. The number of nitrogens with one attached hydrogen (secondary N) is 1. The van der Waals surface area contributed by atoms with Gasteiger partial charge in [0.15, 0.2) is 11.6 Å². The highest BCUT2D eigenvalue weighted by Crippen LogP contribution is 2.32. The Morgan fingerprint density at radius 2 is 1.71 bits per heavy atom. The predicted octanol–water partition coefficient (Wildman–Crippen LogP) is 4.41. The maximum absolute atomic E-state index is 14.9. The molecule has 1 N–H and O–H groups in total. The van der Waals surface area contributed by atoms with Crippen LogP contribution < -0.4 is 5.32 Å². The Labute approximate surface area is 201 Å². The van der Waals surface area contributed by atoms with Gasteiger partial charge in [0.05, 0.1) is 23.0 Å². The number of halogens is 4. The number of ketones is 1. The number of hydrogen-bond acceptors (Lipinski definition) is 4. The van der Waals surface area contributed by atoms with Crippen LogP contribution in [-0.2, 0) is 21.4 Å². The summed E-state index contributed by atoms with van der Waals surface area (Å²) in [5.74, 6) is -4.26. The number of sulfonamides is 1. The second-order valence-corrected chi connectivity index (χ2v) is 10.5. The SMILES string of the molecule is CC(=O)CNC(=O)c1ccc(CN(C2CCCCC2F)S(=O)(=O)c2ccc(Cl)cc2)c(F)c1F. The summed E-state index contributed by atoms with van der Waals surface area (Å²) in [6.45, 7) is 0.238. The molecule has 0 heterocycles. The Morgan fingerprint density at radius 1 is 1.06 bits per heavy atom. The number of hydrogen-bond donors (Lipinski definition) is 1. The maximum Gasteiger partial charge on any atom is 0.254 e. The van der Waals surface area contributed by atoms with E-state index in [0.29, 0.717) is 17.9 Å². The fourth-order valence-corrected chi connectivity index (χ4v) is 5.65. The third kappa shape index (κ3) is 5.79. The molecule has 184 valence electrons. The van der Waals surface area contributed by atoms with Crippen molar-refractivity contribution in [3.05, 3.63) is 64.2 Å². The molecule has 0 bridgehead atoms. The van der Waals surface area contributed by atoms with E-state index in [1.807, 2.05) is 0 Å². The molecule has 0 aliphatic heterocycles. The van der Waals surface area contributed by atoms with Crippen LogP contribution in [-0.4, -0.2) is 43.2 Å². The van der Waals surface area contributed by atoms with Gasteiger partial charge in [0, 0.05) is 17.1 Å². The number of nitrogens with zero attached hydrogens (tertiary/aromatic N) is 1. The van der Waals surface area contributed by atoms with Crippen molar-refractivity contribution >= 4 is 33.3 Å². The minimum Gasteiger partial charge on any atom is -0.345 e. The van der Waals surface area contributed by atoms with Gasteiger partial charge < -0.3 is 5.32 Å². The lowest BCUT2D eigenvalue weighted by atomic mass is 9.93. The van der Waals surface area contributed by atoms with Crippen molar-refractivity contribution in [3.8, 4) is 0 Å². The van der Waals surface area contributed by atoms with Gasteiger partial charge >= 0.3 is 0 Å². The zero-order chi connectivity index (χ0) is 25.0. The fraction of sp³-hybridized carbons (Fsp3) is 0.391. The van der Waals surface area contributed by atoms with Crippen LogP contribution in [0.2, 0.25) is 5.02 Å². The van der Waals surface area contributed by atoms with E-state index >= 15 is 0 Å². The molecule has 2 aromatic carbocycles. The third-order valence-corrected chi connectivity index (χ3v) is 7.81. The second kappa shape index (κ2) is 10.9. The molecule has 3 rings (SSSR count). The highest BCUT2D eigenvalue weighted by Gasteiger charge is 2.38. The molecule has 34 heavy (non-hydrogen) atoms. The lowest BCUT2D eigenvalue weighted by Gasteiger charge is -2.35. The highest BCUT2D eigenvalue weighted by atomic mass is 35.5. The molecule has 6 nitrogen and oxygen atoms in total. The predicted molar refractivity (Wildman–Crippen MR) is 121 cm³/mol. The van der Waals surface area contributed by atoms with E-state index < -0.39 is 51.9 Å². The summed E-state index contributed by atoms with van der Waals surface area (Å²) < 4.78 is 72.2. The lowest BCUT2D eigenvalue weighted by Crippen LogP contribution is -2.46. The maximum atomic E-state index is 14.9. The van der Waals surface area contributed by atoms with Crippen molar-refractivity contribution in [2.45, 2.75) is 56.3 Å². The number of alkyl halides is 1. The van der Waals surface area contributed by atoms with Gasteiger partial charge in [-0.2, -0.15) is 4.31 Å². The zero-order valence-corrected chi connectivity index (χ0v) is 19.9. The fourth-order valence-electron chi connectivity index (χ4n) is 3.87. The molecule has 0 aromatic heterocycles. The van der Waals surface area contributed by atoms with Gasteiger partial charge in [-0.05, 0) is 50.1 Å². The van der Waals surface area contributed by atoms with Crippen molar-refractivity contribution in [1.29, 1.82) is 0 Å². The third-order valence-electron chi connectivity index (χ3n) is 5.67. The summed E-state index contributed by atoms with van der Waals surface area (Å²) in [7, 11) is -4.29. The molecule has 1 aliphatic carbocycles. The molecule has 11 heteroatoms. The first kappa shape index (κ1) is 26.2. The van der Waals surface area contributed by atoms with E-state index in [2.05, 4.69) is 5.32 Å². The van der Waals surface area contributed by atoms with Gasteiger partial charge in [-0.25, -0.2) is 21.6 Å². The number of Topliss-reactive ketones (excluding diaryl/α,β-unsaturated/α-hetero) is 1. The molecule has 2 unspecified atom stereocenters.